The lowest BCUT2D eigenvalue weighted by Gasteiger charge is -2.26. The number of rotatable bonds is 7. The fraction of sp³-hybridized carbons (Fsp3) is 0.667. The van der Waals surface area contributed by atoms with Crippen molar-refractivity contribution in [3.63, 3.8) is 0 Å². The smallest absolute Gasteiger partial charge is 0.272 e. The number of aryl methyl sites for hydroxylation is 1. The number of aromatic nitrogens is 2. The lowest BCUT2D eigenvalue weighted by atomic mass is 10.2. The summed E-state index contributed by atoms with van der Waals surface area (Å²) in [7, 11) is -1.45. The van der Waals surface area contributed by atoms with Crippen molar-refractivity contribution in [2.75, 3.05) is 43.6 Å². The second-order valence-electron chi connectivity index (χ2n) is 5.79. The second kappa shape index (κ2) is 7.89. The van der Waals surface area contributed by atoms with Gasteiger partial charge in [0, 0.05) is 31.9 Å². The van der Waals surface area contributed by atoms with Crippen LogP contribution in [0.4, 0.5) is 5.95 Å². The number of amides is 1. The molecule has 1 atom stereocenters. The third kappa shape index (κ3) is 4.64. The van der Waals surface area contributed by atoms with E-state index in [-0.39, 0.29) is 29.1 Å². The molecule has 24 heavy (non-hydrogen) atoms. The highest BCUT2D eigenvalue weighted by molar-refractivity contribution is 7.91. The van der Waals surface area contributed by atoms with Gasteiger partial charge < -0.3 is 15.0 Å². The largest absolute Gasteiger partial charge is 0.383 e. The number of carbonyl (C=O) groups is 1. The molecule has 1 amide bonds. The molecule has 1 aliphatic heterocycles. The topological polar surface area (TPSA) is 101 Å². The number of nitrogens with zero attached hydrogens (tertiary/aromatic N) is 3. The molecule has 0 aliphatic carbocycles. The van der Waals surface area contributed by atoms with Crippen LogP contribution in [0.5, 0.6) is 0 Å². The van der Waals surface area contributed by atoms with Gasteiger partial charge in [-0.05, 0) is 26.3 Å². The van der Waals surface area contributed by atoms with Gasteiger partial charge in [-0.25, -0.2) is 18.4 Å². The second-order valence-corrected chi connectivity index (χ2v) is 8.01. The molecule has 0 aromatic carbocycles. The van der Waals surface area contributed by atoms with E-state index in [2.05, 4.69) is 15.3 Å². The van der Waals surface area contributed by atoms with Crippen molar-refractivity contribution in [2.45, 2.75) is 26.3 Å². The zero-order chi connectivity index (χ0) is 17.7. The van der Waals surface area contributed by atoms with E-state index in [4.69, 9.17) is 4.74 Å². The molecule has 0 bridgehead atoms. The summed E-state index contributed by atoms with van der Waals surface area (Å²) in [5.41, 5.74) is 0.942. The molecule has 2 heterocycles. The maximum atomic E-state index is 12.8. The molecule has 1 N–H and O–H groups in total. The minimum Gasteiger partial charge on any atom is -0.383 e. The Morgan fingerprint density at radius 3 is 2.79 bits per heavy atom. The highest BCUT2D eigenvalue weighted by Crippen LogP contribution is 2.20. The van der Waals surface area contributed by atoms with Gasteiger partial charge in [-0.2, -0.15) is 0 Å². The number of hydrogen-bond acceptors (Lipinski definition) is 7. The molecule has 1 aromatic heterocycles. The molecule has 1 aliphatic rings. The fourth-order valence-corrected chi connectivity index (χ4v) is 4.49. The van der Waals surface area contributed by atoms with Gasteiger partial charge in [0.1, 0.15) is 5.69 Å². The van der Waals surface area contributed by atoms with E-state index in [9.17, 15) is 13.2 Å². The summed E-state index contributed by atoms with van der Waals surface area (Å²) in [6.45, 7) is 5.10. The highest BCUT2D eigenvalue weighted by atomic mass is 32.2. The van der Waals surface area contributed by atoms with Crippen LogP contribution < -0.4 is 5.32 Å². The Bertz CT molecular complexity index is 693. The Balaban J connectivity index is 2.17. The van der Waals surface area contributed by atoms with Gasteiger partial charge in [0.2, 0.25) is 5.95 Å². The molecule has 1 saturated heterocycles. The number of ether oxygens (including phenoxy) is 1. The summed E-state index contributed by atoms with van der Waals surface area (Å²) in [6.07, 6.45) is 0.477. The summed E-state index contributed by atoms with van der Waals surface area (Å²) >= 11 is 0. The van der Waals surface area contributed by atoms with E-state index in [1.165, 1.54) is 0 Å². The van der Waals surface area contributed by atoms with Gasteiger partial charge in [-0.15, -0.1) is 0 Å². The molecular formula is C15H24N4O4S. The number of anilines is 1. The molecule has 2 rings (SSSR count). The Kier molecular flexibility index (Phi) is 6.11. The van der Waals surface area contributed by atoms with E-state index in [0.29, 0.717) is 37.8 Å². The number of methoxy groups -OCH3 is 1. The molecule has 8 nitrogen and oxygen atoms in total. The highest BCUT2D eigenvalue weighted by Gasteiger charge is 2.34. The average molecular weight is 356 g/mol. The molecule has 0 saturated carbocycles. The van der Waals surface area contributed by atoms with E-state index in [1.54, 1.807) is 25.0 Å². The van der Waals surface area contributed by atoms with Crippen LogP contribution >= 0.6 is 0 Å². The first-order valence-corrected chi connectivity index (χ1v) is 9.78. The van der Waals surface area contributed by atoms with Crippen molar-refractivity contribution in [3.8, 4) is 0 Å². The summed E-state index contributed by atoms with van der Waals surface area (Å²) in [4.78, 5) is 22.9. The maximum absolute atomic E-state index is 12.8. The number of hydrogen-bond donors (Lipinski definition) is 1. The van der Waals surface area contributed by atoms with E-state index in [1.807, 2.05) is 6.92 Å². The molecule has 1 fully saturated rings. The lowest BCUT2D eigenvalue weighted by molar-refractivity contribution is 0.0702. The lowest BCUT2D eigenvalue weighted by Crippen LogP contribution is -2.41. The molecule has 9 heteroatoms. The van der Waals surface area contributed by atoms with Crippen molar-refractivity contribution >= 4 is 21.7 Å². The summed E-state index contributed by atoms with van der Waals surface area (Å²) in [6, 6.07) is 1.34. The van der Waals surface area contributed by atoms with Crippen molar-refractivity contribution in [1.29, 1.82) is 0 Å². The van der Waals surface area contributed by atoms with Crippen LogP contribution in [0.25, 0.3) is 0 Å². The van der Waals surface area contributed by atoms with Crippen LogP contribution in [-0.2, 0) is 14.6 Å². The Hall–Kier alpha value is -1.74. The predicted molar refractivity (Wildman–Crippen MR) is 90.9 cm³/mol. The summed E-state index contributed by atoms with van der Waals surface area (Å²) in [5, 5.41) is 3.01. The Morgan fingerprint density at radius 2 is 2.21 bits per heavy atom. The molecular weight excluding hydrogens is 332 g/mol. The Labute approximate surface area is 142 Å². The van der Waals surface area contributed by atoms with E-state index < -0.39 is 9.84 Å². The van der Waals surface area contributed by atoms with Crippen LogP contribution in [0.2, 0.25) is 0 Å². The van der Waals surface area contributed by atoms with Gasteiger partial charge in [0.15, 0.2) is 9.84 Å². The molecule has 1 aromatic rings. The quantitative estimate of drug-likeness (QED) is 0.710. The molecule has 1 unspecified atom stereocenters. The van der Waals surface area contributed by atoms with Gasteiger partial charge in [-0.1, -0.05) is 0 Å². The first-order chi connectivity index (χ1) is 11.4. The zero-order valence-corrected chi connectivity index (χ0v) is 15.1. The van der Waals surface area contributed by atoms with Crippen LogP contribution in [0, 0.1) is 6.92 Å². The normalized spacial score (nSPS) is 19.2. The average Bonchev–Trinajstić information content (AvgIpc) is 2.87. The van der Waals surface area contributed by atoms with Crippen molar-refractivity contribution in [1.82, 2.24) is 14.9 Å². The predicted octanol–water partition coefficient (Wildman–Crippen LogP) is 0.493. The SMILES string of the molecule is CCN(C(=O)c1cc(C)nc(NCCOC)n1)C1CCS(=O)(=O)C1. The third-order valence-electron chi connectivity index (χ3n) is 3.91. The first-order valence-electron chi connectivity index (χ1n) is 7.96. The van der Waals surface area contributed by atoms with E-state index in [0.717, 1.165) is 0 Å². The number of sulfone groups is 1. The number of carbonyl (C=O) groups excluding carboxylic acids is 1. The minimum absolute atomic E-state index is 0.0234. The standard InChI is InChI=1S/C15H24N4O4S/c1-4-19(12-5-8-24(21,22)10-12)14(20)13-9-11(2)17-15(18-13)16-6-7-23-3/h9,12H,4-8,10H2,1-3H3,(H,16,17,18). The van der Waals surface area contributed by atoms with Gasteiger partial charge >= 0.3 is 0 Å². The van der Waals surface area contributed by atoms with Gasteiger partial charge in [0.05, 0.1) is 18.1 Å². The maximum Gasteiger partial charge on any atom is 0.272 e. The van der Waals surface area contributed by atoms with Crippen LogP contribution in [0.15, 0.2) is 6.07 Å². The van der Waals surface area contributed by atoms with Gasteiger partial charge in [0.25, 0.3) is 5.91 Å². The third-order valence-corrected chi connectivity index (χ3v) is 5.66. The fourth-order valence-electron chi connectivity index (χ4n) is 2.76. The number of nitrogens with one attached hydrogen (secondary N) is 1. The molecule has 0 spiro atoms. The van der Waals surface area contributed by atoms with Crippen LogP contribution in [-0.4, -0.2) is 73.5 Å². The zero-order valence-electron chi connectivity index (χ0n) is 14.3. The molecule has 134 valence electrons. The minimum atomic E-state index is -3.05. The van der Waals surface area contributed by atoms with Crippen molar-refractivity contribution in [3.05, 3.63) is 17.5 Å². The van der Waals surface area contributed by atoms with Gasteiger partial charge in [-0.3, -0.25) is 4.79 Å². The summed E-state index contributed by atoms with van der Waals surface area (Å²) in [5.74, 6) is 0.259. The Morgan fingerprint density at radius 1 is 1.46 bits per heavy atom. The van der Waals surface area contributed by atoms with Crippen LogP contribution in [0.1, 0.15) is 29.5 Å². The summed E-state index contributed by atoms with van der Waals surface area (Å²) < 4.78 is 28.3. The molecule has 0 radical (unpaired) electrons. The van der Waals surface area contributed by atoms with Crippen molar-refractivity contribution < 1.29 is 17.9 Å². The monoisotopic (exact) mass is 356 g/mol. The van der Waals surface area contributed by atoms with Crippen molar-refractivity contribution in [2.24, 2.45) is 0 Å². The first kappa shape index (κ1) is 18.6. The van der Waals surface area contributed by atoms with Crippen LogP contribution in [0.3, 0.4) is 0 Å². The van der Waals surface area contributed by atoms with E-state index >= 15 is 0 Å².